The molecule has 3 aromatic rings. The molecule has 3 N–H and O–H groups in total. The summed E-state index contributed by atoms with van der Waals surface area (Å²) in [5.41, 5.74) is 2.86. The molecule has 8 nitrogen and oxygen atoms in total. The van der Waals surface area contributed by atoms with E-state index in [1.165, 1.54) is 6.26 Å². The molecule has 1 aliphatic heterocycles. The number of aliphatic hydroxyl groups is 2. The van der Waals surface area contributed by atoms with Crippen molar-refractivity contribution in [3.63, 3.8) is 0 Å². The van der Waals surface area contributed by atoms with Gasteiger partial charge in [0.05, 0.1) is 19.1 Å². The number of piperidine rings is 1. The van der Waals surface area contributed by atoms with Crippen LogP contribution in [0.3, 0.4) is 0 Å². The lowest BCUT2D eigenvalue weighted by Gasteiger charge is -2.34. The molecule has 1 fully saturated rings. The molecule has 1 aliphatic rings. The van der Waals surface area contributed by atoms with E-state index in [2.05, 4.69) is 10.3 Å². The standard InChI is InChI=1S/C23H25N3O5S/c27-12-18-11-26(7-5-20(18)28)23(30)19-13-31-22(25-19)17-3-1-15(2-4-17)10-24-21(29)9-16-6-8-32-14-16/h1-4,6,8,13-14,18,20,27-28H,5,7,9-12H2,(H,24,29). The van der Waals surface area contributed by atoms with Crippen LogP contribution < -0.4 is 5.32 Å². The number of amides is 2. The van der Waals surface area contributed by atoms with Gasteiger partial charge in [-0.3, -0.25) is 9.59 Å². The zero-order valence-corrected chi connectivity index (χ0v) is 18.3. The van der Waals surface area contributed by atoms with Crippen LogP contribution >= 0.6 is 11.3 Å². The second kappa shape index (κ2) is 10.1. The number of likely N-dealkylation sites (tertiary alicyclic amines) is 1. The molecule has 0 spiro atoms. The van der Waals surface area contributed by atoms with Crippen molar-refractivity contribution in [2.75, 3.05) is 19.7 Å². The highest BCUT2D eigenvalue weighted by molar-refractivity contribution is 7.08. The summed E-state index contributed by atoms with van der Waals surface area (Å²) in [6, 6.07) is 9.36. The number of rotatable bonds is 7. The van der Waals surface area contributed by atoms with E-state index >= 15 is 0 Å². The van der Waals surface area contributed by atoms with E-state index in [-0.39, 0.29) is 36.6 Å². The predicted molar refractivity (Wildman–Crippen MR) is 119 cm³/mol. The first-order valence-corrected chi connectivity index (χ1v) is 11.4. The molecule has 2 amide bonds. The van der Waals surface area contributed by atoms with E-state index in [1.54, 1.807) is 16.2 Å². The van der Waals surface area contributed by atoms with Gasteiger partial charge in [-0.2, -0.15) is 11.3 Å². The van der Waals surface area contributed by atoms with Crippen molar-refractivity contribution in [3.8, 4) is 11.5 Å². The average Bonchev–Trinajstić information content (AvgIpc) is 3.50. The van der Waals surface area contributed by atoms with Crippen molar-refractivity contribution in [1.29, 1.82) is 0 Å². The van der Waals surface area contributed by atoms with Gasteiger partial charge in [0.25, 0.3) is 5.91 Å². The van der Waals surface area contributed by atoms with Crippen LogP contribution in [-0.2, 0) is 17.8 Å². The number of oxazole rings is 1. The fourth-order valence-corrected chi connectivity index (χ4v) is 4.33. The number of hydrogen-bond acceptors (Lipinski definition) is 7. The number of carbonyl (C=O) groups is 2. The molecule has 3 heterocycles. The maximum Gasteiger partial charge on any atom is 0.275 e. The highest BCUT2D eigenvalue weighted by Gasteiger charge is 2.31. The number of carbonyl (C=O) groups excluding carboxylic acids is 2. The minimum absolute atomic E-state index is 0.0306. The molecule has 4 rings (SSSR count). The molecular weight excluding hydrogens is 430 g/mol. The maximum absolute atomic E-state index is 12.7. The van der Waals surface area contributed by atoms with Gasteiger partial charge in [0, 0.05) is 31.1 Å². The van der Waals surface area contributed by atoms with Gasteiger partial charge in [0.2, 0.25) is 11.8 Å². The van der Waals surface area contributed by atoms with Gasteiger partial charge in [0.15, 0.2) is 5.69 Å². The summed E-state index contributed by atoms with van der Waals surface area (Å²) in [5.74, 6) is -0.332. The number of aliphatic hydroxyl groups excluding tert-OH is 2. The molecule has 32 heavy (non-hydrogen) atoms. The molecule has 1 saturated heterocycles. The van der Waals surface area contributed by atoms with Crippen LogP contribution in [0.15, 0.2) is 51.8 Å². The lowest BCUT2D eigenvalue weighted by atomic mass is 9.95. The van der Waals surface area contributed by atoms with Crippen molar-refractivity contribution in [2.24, 2.45) is 5.92 Å². The molecular formula is C23H25N3O5S. The van der Waals surface area contributed by atoms with Gasteiger partial charge >= 0.3 is 0 Å². The van der Waals surface area contributed by atoms with Crippen molar-refractivity contribution in [1.82, 2.24) is 15.2 Å². The topological polar surface area (TPSA) is 116 Å². The summed E-state index contributed by atoms with van der Waals surface area (Å²) in [7, 11) is 0. The minimum atomic E-state index is -0.601. The predicted octanol–water partition coefficient (Wildman–Crippen LogP) is 2.08. The summed E-state index contributed by atoms with van der Waals surface area (Å²) >= 11 is 1.57. The first kappa shape index (κ1) is 22.2. The number of benzene rings is 1. The van der Waals surface area contributed by atoms with Gasteiger partial charge < -0.3 is 24.8 Å². The highest BCUT2D eigenvalue weighted by Crippen LogP contribution is 2.22. The van der Waals surface area contributed by atoms with E-state index in [0.717, 1.165) is 16.7 Å². The summed E-state index contributed by atoms with van der Waals surface area (Å²) in [6.45, 7) is 0.943. The van der Waals surface area contributed by atoms with Gasteiger partial charge in [0.1, 0.15) is 6.26 Å². The zero-order valence-electron chi connectivity index (χ0n) is 17.4. The lowest BCUT2D eigenvalue weighted by molar-refractivity contribution is -0.120. The van der Waals surface area contributed by atoms with Crippen LogP contribution in [0.5, 0.6) is 0 Å². The van der Waals surface area contributed by atoms with Crippen LogP contribution in [0.2, 0.25) is 0 Å². The fourth-order valence-electron chi connectivity index (χ4n) is 3.66. The van der Waals surface area contributed by atoms with Crippen LogP contribution in [0, 0.1) is 5.92 Å². The Balaban J connectivity index is 1.33. The van der Waals surface area contributed by atoms with Crippen LogP contribution in [0.1, 0.15) is 28.0 Å². The lowest BCUT2D eigenvalue weighted by Crippen LogP contribution is -2.47. The molecule has 0 saturated carbocycles. The summed E-state index contributed by atoms with van der Waals surface area (Å²) in [5, 5.41) is 26.1. The summed E-state index contributed by atoms with van der Waals surface area (Å²) in [4.78, 5) is 30.7. The monoisotopic (exact) mass is 455 g/mol. The molecule has 0 aliphatic carbocycles. The van der Waals surface area contributed by atoms with E-state index < -0.39 is 6.10 Å². The van der Waals surface area contributed by atoms with E-state index in [9.17, 15) is 19.8 Å². The molecule has 9 heteroatoms. The fraction of sp³-hybridized carbons (Fsp3) is 0.348. The average molecular weight is 456 g/mol. The SMILES string of the molecule is O=C(Cc1ccsc1)NCc1ccc(-c2nc(C(=O)N3CCC(O)C(CO)C3)co2)cc1. The quantitative estimate of drug-likeness (QED) is 0.502. The van der Waals surface area contributed by atoms with Gasteiger partial charge in [-0.15, -0.1) is 0 Å². The Morgan fingerprint density at radius 1 is 1.22 bits per heavy atom. The van der Waals surface area contributed by atoms with Crippen molar-refractivity contribution in [2.45, 2.75) is 25.5 Å². The molecule has 2 aromatic heterocycles. The zero-order chi connectivity index (χ0) is 22.5. The third kappa shape index (κ3) is 5.24. The number of hydrogen-bond donors (Lipinski definition) is 3. The van der Waals surface area contributed by atoms with E-state index in [4.69, 9.17) is 4.42 Å². The Morgan fingerprint density at radius 2 is 2.03 bits per heavy atom. The molecule has 0 radical (unpaired) electrons. The second-order valence-electron chi connectivity index (χ2n) is 7.87. The Bertz CT molecular complexity index is 1050. The van der Waals surface area contributed by atoms with E-state index in [1.807, 2.05) is 41.1 Å². The normalized spacial score (nSPS) is 18.5. The Hall–Kier alpha value is -3.01. The third-order valence-electron chi connectivity index (χ3n) is 5.57. The third-order valence-corrected chi connectivity index (χ3v) is 6.31. The Kier molecular flexibility index (Phi) is 6.99. The van der Waals surface area contributed by atoms with Crippen molar-refractivity contribution in [3.05, 3.63) is 64.2 Å². The van der Waals surface area contributed by atoms with Gasteiger partial charge in [-0.1, -0.05) is 12.1 Å². The molecule has 2 unspecified atom stereocenters. The van der Waals surface area contributed by atoms with Gasteiger partial charge in [-0.25, -0.2) is 4.98 Å². The number of aromatic nitrogens is 1. The van der Waals surface area contributed by atoms with Gasteiger partial charge in [-0.05, 0) is 46.5 Å². The van der Waals surface area contributed by atoms with Crippen molar-refractivity contribution >= 4 is 23.2 Å². The number of nitrogens with zero attached hydrogens (tertiary/aromatic N) is 2. The summed E-state index contributed by atoms with van der Waals surface area (Å²) < 4.78 is 5.51. The largest absolute Gasteiger partial charge is 0.444 e. The molecule has 2 atom stereocenters. The first-order chi connectivity index (χ1) is 15.5. The second-order valence-corrected chi connectivity index (χ2v) is 8.65. The Morgan fingerprint density at radius 3 is 2.75 bits per heavy atom. The molecule has 1 aromatic carbocycles. The summed E-state index contributed by atoms with van der Waals surface area (Å²) in [6.07, 6.45) is 1.52. The number of thiophene rings is 1. The smallest absolute Gasteiger partial charge is 0.275 e. The van der Waals surface area contributed by atoms with Crippen LogP contribution in [0.4, 0.5) is 0 Å². The van der Waals surface area contributed by atoms with E-state index in [0.29, 0.717) is 31.8 Å². The minimum Gasteiger partial charge on any atom is -0.444 e. The maximum atomic E-state index is 12.7. The Labute approximate surface area is 189 Å². The first-order valence-electron chi connectivity index (χ1n) is 10.4. The van der Waals surface area contributed by atoms with Crippen LogP contribution in [0.25, 0.3) is 11.5 Å². The van der Waals surface area contributed by atoms with Crippen LogP contribution in [-0.4, -0.2) is 57.7 Å². The number of nitrogens with one attached hydrogen (secondary N) is 1. The molecule has 168 valence electrons. The highest BCUT2D eigenvalue weighted by atomic mass is 32.1. The molecule has 0 bridgehead atoms. The van der Waals surface area contributed by atoms with Crippen molar-refractivity contribution < 1.29 is 24.2 Å².